The number of rotatable bonds is 8. The fraction of sp³-hybridized carbons (Fsp3) is 0.500. The molecule has 1 aromatic rings. The monoisotopic (exact) mass is 267 g/mol. The maximum absolute atomic E-state index is 11.4. The van der Waals surface area contributed by atoms with Gasteiger partial charge in [0, 0.05) is 11.8 Å². The molecule has 5 nitrogen and oxygen atoms in total. The molecule has 0 heterocycles. The fourth-order valence-corrected chi connectivity index (χ4v) is 1.37. The first-order valence-corrected chi connectivity index (χ1v) is 6.33. The summed E-state index contributed by atoms with van der Waals surface area (Å²) >= 11 is 0. The van der Waals surface area contributed by atoms with Gasteiger partial charge >= 0.3 is 5.97 Å². The van der Waals surface area contributed by atoms with Crippen molar-refractivity contribution in [3.05, 3.63) is 24.3 Å². The summed E-state index contributed by atoms with van der Waals surface area (Å²) in [5.74, 6) is 0.354. The standard InChI is InChI=1S/C14H21NO4/c1-11(2)17-8-9-19-14(16)6-7-18-13-5-3-4-12(15)10-13/h3-5,10-11H,6-9,15H2,1-2H3. The largest absolute Gasteiger partial charge is 0.493 e. The normalized spacial score (nSPS) is 10.5. The molecule has 0 spiro atoms. The summed E-state index contributed by atoms with van der Waals surface area (Å²) in [6.45, 7) is 4.82. The van der Waals surface area contributed by atoms with E-state index in [1.54, 1.807) is 24.3 Å². The minimum atomic E-state index is -0.295. The summed E-state index contributed by atoms with van der Waals surface area (Å²) in [7, 11) is 0. The van der Waals surface area contributed by atoms with Gasteiger partial charge in [0.2, 0.25) is 0 Å². The summed E-state index contributed by atoms with van der Waals surface area (Å²) in [5.41, 5.74) is 6.24. The Balaban J connectivity index is 2.10. The lowest BCUT2D eigenvalue weighted by atomic mass is 10.3. The second kappa shape index (κ2) is 8.37. The predicted octanol–water partition coefficient (Wildman–Crippen LogP) is 2.01. The van der Waals surface area contributed by atoms with Crippen LogP contribution in [-0.4, -0.2) is 31.9 Å². The number of hydrogen-bond donors (Lipinski definition) is 1. The van der Waals surface area contributed by atoms with Crippen LogP contribution in [0.15, 0.2) is 24.3 Å². The molecule has 0 unspecified atom stereocenters. The highest BCUT2D eigenvalue weighted by molar-refractivity contribution is 5.69. The first-order chi connectivity index (χ1) is 9.08. The van der Waals surface area contributed by atoms with Crippen LogP contribution in [0.3, 0.4) is 0 Å². The highest BCUT2D eigenvalue weighted by Crippen LogP contribution is 2.14. The van der Waals surface area contributed by atoms with Crippen LogP contribution >= 0.6 is 0 Å². The highest BCUT2D eigenvalue weighted by Gasteiger charge is 2.04. The van der Waals surface area contributed by atoms with Crippen LogP contribution in [-0.2, 0) is 14.3 Å². The Kier molecular flexibility index (Phi) is 6.74. The van der Waals surface area contributed by atoms with Crippen molar-refractivity contribution in [2.24, 2.45) is 0 Å². The van der Waals surface area contributed by atoms with Gasteiger partial charge in [0.05, 0.1) is 25.7 Å². The zero-order valence-electron chi connectivity index (χ0n) is 11.4. The summed E-state index contributed by atoms with van der Waals surface area (Å²) in [6.07, 6.45) is 0.349. The van der Waals surface area contributed by atoms with Crippen LogP contribution < -0.4 is 10.5 Å². The van der Waals surface area contributed by atoms with Gasteiger partial charge in [0.15, 0.2) is 0 Å². The molecule has 0 aliphatic heterocycles. The molecule has 1 aromatic carbocycles. The number of nitrogens with two attached hydrogens (primary N) is 1. The van der Waals surface area contributed by atoms with Gasteiger partial charge in [-0.2, -0.15) is 0 Å². The summed E-state index contributed by atoms with van der Waals surface area (Å²) in [4.78, 5) is 11.4. The topological polar surface area (TPSA) is 70.8 Å². The minimum absolute atomic E-state index is 0.144. The van der Waals surface area contributed by atoms with Crippen molar-refractivity contribution in [1.29, 1.82) is 0 Å². The van der Waals surface area contributed by atoms with E-state index in [2.05, 4.69) is 0 Å². The van der Waals surface area contributed by atoms with E-state index in [0.29, 0.717) is 18.0 Å². The predicted molar refractivity (Wildman–Crippen MR) is 73.0 cm³/mol. The van der Waals surface area contributed by atoms with Crippen molar-refractivity contribution in [2.45, 2.75) is 26.4 Å². The molecule has 0 saturated carbocycles. The van der Waals surface area contributed by atoms with Crippen molar-refractivity contribution in [3.8, 4) is 5.75 Å². The van der Waals surface area contributed by atoms with E-state index in [0.717, 1.165) is 0 Å². The minimum Gasteiger partial charge on any atom is -0.493 e. The van der Waals surface area contributed by atoms with Crippen LogP contribution in [0, 0.1) is 0 Å². The number of carbonyl (C=O) groups excluding carboxylic acids is 1. The molecule has 0 bridgehead atoms. The summed E-state index contributed by atoms with van der Waals surface area (Å²) < 4.78 is 15.6. The molecular formula is C14H21NO4. The average Bonchev–Trinajstić information content (AvgIpc) is 2.34. The molecule has 0 atom stereocenters. The van der Waals surface area contributed by atoms with Crippen molar-refractivity contribution in [2.75, 3.05) is 25.6 Å². The van der Waals surface area contributed by atoms with E-state index in [9.17, 15) is 4.79 Å². The van der Waals surface area contributed by atoms with Crippen molar-refractivity contribution in [3.63, 3.8) is 0 Å². The zero-order chi connectivity index (χ0) is 14.1. The van der Waals surface area contributed by atoms with Crippen molar-refractivity contribution < 1.29 is 19.0 Å². The number of nitrogen functional groups attached to an aromatic ring is 1. The molecule has 19 heavy (non-hydrogen) atoms. The second-order valence-electron chi connectivity index (χ2n) is 4.31. The molecule has 0 saturated heterocycles. The number of esters is 1. The van der Waals surface area contributed by atoms with Crippen LogP contribution in [0.25, 0.3) is 0 Å². The van der Waals surface area contributed by atoms with E-state index in [1.165, 1.54) is 0 Å². The van der Waals surface area contributed by atoms with Crippen LogP contribution in [0.5, 0.6) is 5.75 Å². The molecule has 5 heteroatoms. The third kappa shape index (κ3) is 7.31. The Hall–Kier alpha value is -1.75. The van der Waals surface area contributed by atoms with E-state index in [4.69, 9.17) is 19.9 Å². The number of carbonyl (C=O) groups is 1. The van der Waals surface area contributed by atoms with Gasteiger partial charge in [-0.25, -0.2) is 0 Å². The Morgan fingerprint density at radius 3 is 2.74 bits per heavy atom. The molecular weight excluding hydrogens is 246 g/mol. The molecule has 0 aliphatic carbocycles. The summed E-state index contributed by atoms with van der Waals surface area (Å²) in [5, 5.41) is 0. The number of benzene rings is 1. The first kappa shape index (κ1) is 15.3. The smallest absolute Gasteiger partial charge is 0.309 e. The third-order valence-electron chi connectivity index (χ3n) is 2.23. The van der Waals surface area contributed by atoms with Gasteiger partial charge in [-0.3, -0.25) is 4.79 Å². The SMILES string of the molecule is CC(C)OCCOC(=O)CCOc1cccc(N)c1. The van der Waals surface area contributed by atoms with Gasteiger partial charge < -0.3 is 19.9 Å². The van der Waals surface area contributed by atoms with Crippen LogP contribution in [0.1, 0.15) is 20.3 Å². The molecule has 0 aromatic heterocycles. The van der Waals surface area contributed by atoms with Gasteiger partial charge in [-0.1, -0.05) is 6.07 Å². The highest BCUT2D eigenvalue weighted by atomic mass is 16.6. The number of ether oxygens (including phenoxy) is 3. The van der Waals surface area contributed by atoms with Crippen LogP contribution in [0.4, 0.5) is 5.69 Å². The van der Waals surface area contributed by atoms with E-state index < -0.39 is 0 Å². The molecule has 0 aliphatic rings. The maximum atomic E-state index is 11.4. The Morgan fingerprint density at radius 1 is 1.26 bits per heavy atom. The van der Waals surface area contributed by atoms with E-state index in [-0.39, 0.29) is 31.7 Å². The zero-order valence-corrected chi connectivity index (χ0v) is 11.4. The van der Waals surface area contributed by atoms with Crippen LogP contribution in [0.2, 0.25) is 0 Å². The lowest BCUT2D eigenvalue weighted by Crippen LogP contribution is -2.15. The molecule has 2 N–H and O–H groups in total. The fourth-order valence-electron chi connectivity index (χ4n) is 1.37. The van der Waals surface area contributed by atoms with Crippen molar-refractivity contribution >= 4 is 11.7 Å². The van der Waals surface area contributed by atoms with E-state index >= 15 is 0 Å². The Bertz CT molecular complexity index is 393. The second-order valence-corrected chi connectivity index (χ2v) is 4.31. The molecule has 1 rings (SSSR count). The lowest BCUT2D eigenvalue weighted by molar-refractivity contribution is -0.146. The molecule has 106 valence electrons. The van der Waals surface area contributed by atoms with Crippen molar-refractivity contribution in [1.82, 2.24) is 0 Å². The van der Waals surface area contributed by atoms with Gasteiger partial charge in [0.25, 0.3) is 0 Å². The average molecular weight is 267 g/mol. The first-order valence-electron chi connectivity index (χ1n) is 6.33. The Labute approximate surface area is 113 Å². The number of anilines is 1. The van der Waals surface area contributed by atoms with Gasteiger partial charge in [0.1, 0.15) is 12.4 Å². The van der Waals surface area contributed by atoms with Gasteiger partial charge in [-0.05, 0) is 26.0 Å². The maximum Gasteiger partial charge on any atom is 0.309 e. The van der Waals surface area contributed by atoms with E-state index in [1.807, 2.05) is 13.8 Å². The molecule has 0 amide bonds. The quantitative estimate of drug-likeness (QED) is 0.443. The third-order valence-corrected chi connectivity index (χ3v) is 2.23. The van der Waals surface area contributed by atoms with Gasteiger partial charge in [-0.15, -0.1) is 0 Å². The number of hydrogen-bond acceptors (Lipinski definition) is 5. The molecule has 0 fully saturated rings. The lowest BCUT2D eigenvalue weighted by Gasteiger charge is -2.09. The summed E-state index contributed by atoms with van der Waals surface area (Å²) in [6, 6.07) is 7.07. The Morgan fingerprint density at radius 2 is 2.05 bits per heavy atom. The molecule has 0 radical (unpaired) electrons.